The van der Waals surface area contributed by atoms with Gasteiger partial charge < -0.3 is 10.2 Å². The van der Waals surface area contributed by atoms with Crippen molar-refractivity contribution < 1.29 is 9.59 Å². The predicted octanol–water partition coefficient (Wildman–Crippen LogP) is 1.78. The molecule has 1 aromatic rings. The molecule has 2 fully saturated rings. The molecule has 0 radical (unpaired) electrons. The standard InChI is InChI=1S/C15H21N3O2S/c1-8-9(2)21-11(16-8)7-18-12(10-5-6-10)13(19)17-15(3,4)14(18)20/h10,12H,5-7H2,1-4H3,(H,17,19). The fraction of sp³-hybridized carbons (Fsp3) is 0.667. The quantitative estimate of drug-likeness (QED) is 0.926. The second-order valence-corrected chi connectivity index (χ2v) is 7.87. The predicted molar refractivity (Wildman–Crippen MR) is 80.9 cm³/mol. The molecule has 21 heavy (non-hydrogen) atoms. The van der Waals surface area contributed by atoms with Crippen LogP contribution in [0.2, 0.25) is 0 Å². The van der Waals surface area contributed by atoms with E-state index >= 15 is 0 Å². The van der Waals surface area contributed by atoms with Crippen LogP contribution in [-0.4, -0.2) is 33.3 Å². The first-order chi connectivity index (χ1) is 9.79. The Bertz CT molecular complexity index is 585. The average Bonchev–Trinajstić information content (AvgIpc) is 3.14. The lowest BCUT2D eigenvalue weighted by Crippen LogP contribution is -2.68. The van der Waals surface area contributed by atoms with E-state index in [0.717, 1.165) is 23.5 Å². The number of aryl methyl sites for hydroxylation is 2. The molecule has 1 unspecified atom stereocenters. The van der Waals surface area contributed by atoms with Crippen LogP contribution in [0.1, 0.15) is 42.3 Å². The summed E-state index contributed by atoms with van der Waals surface area (Å²) in [6.45, 7) is 7.98. The molecule has 2 amide bonds. The number of carbonyl (C=O) groups excluding carboxylic acids is 2. The Balaban J connectivity index is 1.90. The highest BCUT2D eigenvalue weighted by Gasteiger charge is 2.50. The van der Waals surface area contributed by atoms with Gasteiger partial charge in [-0.2, -0.15) is 0 Å². The fourth-order valence-electron chi connectivity index (χ4n) is 2.87. The minimum absolute atomic E-state index is 0.00972. The van der Waals surface area contributed by atoms with E-state index in [1.165, 1.54) is 4.88 Å². The number of rotatable bonds is 3. The van der Waals surface area contributed by atoms with Crippen LogP contribution in [0.25, 0.3) is 0 Å². The number of piperazine rings is 1. The monoisotopic (exact) mass is 307 g/mol. The van der Waals surface area contributed by atoms with Crippen molar-refractivity contribution in [1.29, 1.82) is 0 Å². The van der Waals surface area contributed by atoms with Crippen molar-refractivity contribution in [3.63, 3.8) is 0 Å². The molecule has 2 heterocycles. The van der Waals surface area contributed by atoms with Gasteiger partial charge in [-0.25, -0.2) is 4.98 Å². The van der Waals surface area contributed by atoms with Crippen molar-refractivity contribution in [3.05, 3.63) is 15.6 Å². The van der Waals surface area contributed by atoms with Gasteiger partial charge in [0.05, 0.1) is 12.2 Å². The number of amides is 2. The molecule has 1 N–H and O–H groups in total. The summed E-state index contributed by atoms with van der Waals surface area (Å²) in [6.07, 6.45) is 2.05. The molecule has 1 aromatic heterocycles. The maximum absolute atomic E-state index is 12.7. The van der Waals surface area contributed by atoms with Crippen LogP contribution in [-0.2, 0) is 16.1 Å². The summed E-state index contributed by atoms with van der Waals surface area (Å²) in [4.78, 5) is 32.5. The van der Waals surface area contributed by atoms with Gasteiger partial charge in [0.1, 0.15) is 16.6 Å². The van der Waals surface area contributed by atoms with Gasteiger partial charge >= 0.3 is 0 Å². The molecule has 5 nitrogen and oxygen atoms in total. The topological polar surface area (TPSA) is 62.3 Å². The third-order valence-corrected chi connectivity index (χ3v) is 5.34. The Morgan fingerprint density at radius 3 is 2.52 bits per heavy atom. The average molecular weight is 307 g/mol. The molecular weight excluding hydrogens is 286 g/mol. The summed E-state index contributed by atoms with van der Waals surface area (Å²) in [5.41, 5.74) is 0.176. The van der Waals surface area contributed by atoms with Crippen LogP contribution >= 0.6 is 11.3 Å². The number of aromatic nitrogens is 1. The van der Waals surface area contributed by atoms with Crippen LogP contribution in [0.15, 0.2) is 0 Å². The van der Waals surface area contributed by atoms with E-state index in [0.29, 0.717) is 12.5 Å². The summed E-state index contributed by atoms with van der Waals surface area (Å²) >= 11 is 1.61. The second kappa shape index (κ2) is 4.80. The van der Waals surface area contributed by atoms with E-state index in [4.69, 9.17) is 0 Å². The summed E-state index contributed by atoms with van der Waals surface area (Å²) in [7, 11) is 0. The highest BCUT2D eigenvalue weighted by molar-refractivity contribution is 7.11. The van der Waals surface area contributed by atoms with Crippen LogP contribution in [0.4, 0.5) is 0 Å². The molecule has 114 valence electrons. The Hall–Kier alpha value is -1.43. The Morgan fingerprint density at radius 1 is 1.33 bits per heavy atom. The lowest BCUT2D eigenvalue weighted by Gasteiger charge is -2.42. The molecule has 2 aliphatic rings. The van der Waals surface area contributed by atoms with E-state index < -0.39 is 5.54 Å². The molecule has 0 aromatic carbocycles. The first-order valence-electron chi connectivity index (χ1n) is 7.35. The normalized spacial score (nSPS) is 25.1. The Morgan fingerprint density at radius 2 is 2.00 bits per heavy atom. The van der Waals surface area contributed by atoms with E-state index in [1.807, 2.05) is 13.8 Å². The first-order valence-corrected chi connectivity index (χ1v) is 8.17. The number of thiazole rings is 1. The number of hydrogen-bond acceptors (Lipinski definition) is 4. The van der Waals surface area contributed by atoms with Crippen molar-refractivity contribution in [1.82, 2.24) is 15.2 Å². The lowest BCUT2D eigenvalue weighted by atomic mass is 9.95. The van der Waals surface area contributed by atoms with E-state index in [2.05, 4.69) is 10.3 Å². The van der Waals surface area contributed by atoms with Crippen LogP contribution in [0.5, 0.6) is 0 Å². The lowest BCUT2D eigenvalue weighted by molar-refractivity contribution is -0.155. The summed E-state index contributed by atoms with van der Waals surface area (Å²) in [6, 6.07) is -0.324. The van der Waals surface area contributed by atoms with E-state index in [9.17, 15) is 9.59 Å². The molecule has 1 aliphatic heterocycles. The molecule has 6 heteroatoms. The molecule has 1 saturated carbocycles. The largest absolute Gasteiger partial charge is 0.340 e. The number of nitrogens with zero attached hydrogens (tertiary/aromatic N) is 2. The summed E-state index contributed by atoms with van der Waals surface area (Å²) in [5.74, 6) is 0.281. The van der Waals surface area contributed by atoms with Crippen LogP contribution < -0.4 is 5.32 Å². The van der Waals surface area contributed by atoms with Crippen LogP contribution in [0, 0.1) is 19.8 Å². The third kappa shape index (κ3) is 2.57. The Kier molecular flexibility index (Phi) is 3.31. The zero-order chi connectivity index (χ0) is 15.4. The summed E-state index contributed by atoms with van der Waals surface area (Å²) < 4.78 is 0. The highest BCUT2D eigenvalue weighted by atomic mass is 32.1. The number of nitrogens with one attached hydrogen (secondary N) is 1. The van der Waals surface area contributed by atoms with E-state index in [1.54, 1.807) is 30.1 Å². The maximum Gasteiger partial charge on any atom is 0.248 e. The van der Waals surface area contributed by atoms with Crippen molar-refractivity contribution >= 4 is 23.2 Å². The van der Waals surface area contributed by atoms with Crippen molar-refractivity contribution in [2.24, 2.45) is 5.92 Å². The van der Waals surface area contributed by atoms with Gasteiger partial charge in [-0.3, -0.25) is 9.59 Å². The van der Waals surface area contributed by atoms with Crippen LogP contribution in [0.3, 0.4) is 0 Å². The maximum atomic E-state index is 12.7. The third-order valence-electron chi connectivity index (χ3n) is 4.28. The SMILES string of the molecule is Cc1nc(CN2C(=O)C(C)(C)NC(=O)C2C2CC2)sc1C. The zero-order valence-electron chi connectivity index (χ0n) is 12.9. The number of hydrogen-bond donors (Lipinski definition) is 1. The van der Waals surface area contributed by atoms with Crippen molar-refractivity contribution in [2.45, 2.75) is 58.7 Å². The van der Waals surface area contributed by atoms with Gasteiger partial charge in [-0.1, -0.05) is 0 Å². The molecule has 1 aliphatic carbocycles. The minimum Gasteiger partial charge on any atom is -0.340 e. The van der Waals surface area contributed by atoms with Gasteiger partial charge in [0.2, 0.25) is 11.8 Å². The summed E-state index contributed by atoms with van der Waals surface area (Å²) in [5, 5.41) is 3.77. The molecular formula is C15H21N3O2S. The number of carbonyl (C=O) groups is 2. The van der Waals surface area contributed by atoms with Gasteiger partial charge in [-0.05, 0) is 46.5 Å². The minimum atomic E-state index is -0.830. The highest BCUT2D eigenvalue weighted by Crippen LogP contribution is 2.39. The van der Waals surface area contributed by atoms with Gasteiger partial charge in [-0.15, -0.1) is 11.3 Å². The molecule has 3 rings (SSSR count). The fourth-order valence-corrected chi connectivity index (χ4v) is 3.80. The van der Waals surface area contributed by atoms with Gasteiger partial charge in [0.15, 0.2) is 0 Å². The van der Waals surface area contributed by atoms with Crippen molar-refractivity contribution in [3.8, 4) is 0 Å². The molecule has 0 bridgehead atoms. The van der Waals surface area contributed by atoms with E-state index in [-0.39, 0.29) is 17.9 Å². The van der Waals surface area contributed by atoms with Gasteiger partial charge in [0, 0.05) is 4.88 Å². The second-order valence-electron chi connectivity index (χ2n) is 6.58. The molecule has 0 spiro atoms. The molecule has 1 atom stereocenters. The van der Waals surface area contributed by atoms with Gasteiger partial charge in [0.25, 0.3) is 0 Å². The molecule has 1 saturated heterocycles. The zero-order valence-corrected chi connectivity index (χ0v) is 13.7. The van der Waals surface area contributed by atoms with Crippen molar-refractivity contribution in [2.75, 3.05) is 0 Å². The first kappa shape index (κ1) is 14.5. The smallest absolute Gasteiger partial charge is 0.248 e. The Labute approximate surface area is 128 Å².